The quantitative estimate of drug-likeness (QED) is 0.176. The van der Waals surface area contributed by atoms with Crippen LogP contribution in [0.5, 0.6) is 0 Å². The number of benzene rings is 8. The first-order valence-corrected chi connectivity index (χ1v) is 20.2. The lowest BCUT2D eigenvalue weighted by Crippen LogP contribution is -2.14. The van der Waals surface area contributed by atoms with E-state index in [9.17, 15) is 0 Å². The van der Waals surface area contributed by atoms with Gasteiger partial charge >= 0.3 is 0 Å². The summed E-state index contributed by atoms with van der Waals surface area (Å²) in [5, 5.41) is 4.97. The highest BCUT2D eigenvalue weighted by Gasteiger charge is 2.36. The predicted molar refractivity (Wildman–Crippen MR) is 242 cm³/mol. The van der Waals surface area contributed by atoms with Crippen LogP contribution in [0.2, 0.25) is 0 Å². The molecule has 3 heterocycles. The third-order valence-corrected chi connectivity index (χ3v) is 12.4. The van der Waals surface area contributed by atoms with Crippen LogP contribution in [0, 0.1) is 0 Å². The summed E-state index contributed by atoms with van der Waals surface area (Å²) in [5.74, 6) is 1.89. The van der Waals surface area contributed by atoms with E-state index in [2.05, 4.69) is 193 Å². The number of nitrogens with zero attached hydrogens (tertiary/aromatic N) is 5. The number of hydrogen-bond donors (Lipinski definition) is 0. The Balaban J connectivity index is 0.995. The number of rotatable bonds is 5. The Bertz CT molecular complexity index is 3410. The highest BCUT2D eigenvalue weighted by Crippen LogP contribution is 2.51. The molecule has 0 N–H and O–H groups in total. The smallest absolute Gasteiger partial charge is 0.164 e. The Morgan fingerprint density at radius 1 is 0.339 bits per heavy atom. The molecule has 0 saturated carbocycles. The lowest BCUT2D eigenvalue weighted by molar-refractivity contribution is 0.661. The molecule has 0 unspecified atom stereocenters. The topological polar surface area (TPSA) is 48.5 Å². The molecule has 11 aromatic rings. The molecule has 3 aromatic heterocycles. The van der Waals surface area contributed by atoms with Crippen LogP contribution in [0.25, 0.3) is 100 Å². The number of para-hydroxylation sites is 3. The van der Waals surface area contributed by atoms with Crippen LogP contribution < -0.4 is 0 Å². The van der Waals surface area contributed by atoms with Crippen molar-refractivity contribution in [3.8, 4) is 56.7 Å². The zero-order valence-electron chi connectivity index (χ0n) is 32.6. The van der Waals surface area contributed by atoms with Crippen LogP contribution in [0.4, 0.5) is 0 Å². The fourth-order valence-corrected chi connectivity index (χ4v) is 9.54. The number of aromatic nitrogens is 5. The van der Waals surface area contributed by atoms with E-state index in [1.807, 2.05) is 18.2 Å². The molecular formula is C54H37N5. The van der Waals surface area contributed by atoms with Crippen LogP contribution in [0.3, 0.4) is 0 Å². The second-order valence-corrected chi connectivity index (χ2v) is 16.1. The van der Waals surface area contributed by atoms with Crippen LogP contribution in [0.1, 0.15) is 25.0 Å². The molecule has 0 atom stereocenters. The first-order chi connectivity index (χ1) is 29.0. The maximum Gasteiger partial charge on any atom is 0.164 e. The molecule has 12 rings (SSSR count). The van der Waals surface area contributed by atoms with E-state index in [0.29, 0.717) is 17.5 Å². The van der Waals surface area contributed by atoms with Crippen molar-refractivity contribution in [2.24, 2.45) is 0 Å². The SMILES string of the molecule is CC1(C)c2ccccc2-c2cc3c(cc21)c1ccccc1n3-c1ccc(-c2nc(-c3ccccc3)nc(-c3cccc(-n4c5ccccc5c5ccccc54)c3)n2)cc1. The van der Waals surface area contributed by atoms with Crippen LogP contribution in [-0.2, 0) is 5.41 Å². The fourth-order valence-electron chi connectivity index (χ4n) is 9.54. The first-order valence-electron chi connectivity index (χ1n) is 20.2. The van der Waals surface area contributed by atoms with Gasteiger partial charge in [0.25, 0.3) is 0 Å². The lowest BCUT2D eigenvalue weighted by Gasteiger charge is -2.21. The van der Waals surface area contributed by atoms with E-state index in [4.69, 9.17) is 15.0 Å². The first kappa shape index (κ1) is 33.5. The van der Waals surface area contributed by atoms with Crippen molar-refractivity contribution in [1.82, 2.24) is 24.1 Å². The van der Waals surface area contributed by atoms with Gasteiger partial charge in [0, 0.05) is 55.0 Å². The normalized spacial score (nSPS) is 13.1. The van der Waals surface area contributed by atoms with Crippen molar-refractivity contribution in [1.29, 1.82) is 0 Å². The van der Waals surface area contributed by atoms with Crippen LogP contribution in [0.15, 0.2) is 188 Å². The minimum absolute atomic E-state index is 0.0701. The van der Waals surface area contributed by atoms with E-state index >= 15 is 0 Å². The molecule has 5 heteroatoms. The Hall–Kier alpha value is -7.63. The van der Waals surface area contributed by atoms with Gasteiger partial charge in [-0.1, -0.05) is 135 Å². The minimum atomic E-state index is -0.0701. The molecule has 5 nitrogen and oxygen atoms in total. The van der Waals surface area contributed by atoms with Crippen molar-refractivity contribution in [2.75, 3.05) is 0 Å². The van der Waals surface area contributed by atoms with Crippen molar-refractivity contribution in [3.05, 3.63) is 199 Å². The number of hydrogen-bond acceptors (Lipinski definition) is 3. The highest BCUT2D eigenvalue weighted by molar-refractivity contribution is 6.12. The predicted octanol–water partition coefficient (Wildman–Crippen LogP) is 13.4. The summed E-state index contributed by atoms with van der Waals surface area (Å²) in [5.41, 5.74) is 14.9. The molecule has 0 bridgehead atoms. The van der Waals surface area contributed by atoms with E-state index < -0.39 is 0 Å². The summed E-state index contributed by atoms with van der Waals surface area (Å²) in [6, 6.07) is 67.0. The molecule has 0 spiro atoms. The van der Waals surface area contributed by atoms with Crippen molar-refractivity contribution >= 4 is 43.6 Å². The highest BCUT2D eigenvalue weighted by atomic mass is 15.0. The summed E-state index contributed by atoms with van der Waals surface area (Å²) in [6.07, 6.45) is 0. The van der Waals surface area contributed by atoms with Gasteiger partial charge < -0.3 is 9.13 Å². The molecule has 1 aliphatic rings. The van der Waals surface area contributed by atoms with Gasteiger partial charge in [-0.05, 0) is 89.0 Å². The van der Waals surface area contributed by atoms with Gasteiger partial charge in [0.1, 0.15) is 0 Å². The van der Waals surface area contributed by atoms with E-state index in [1.165, 1.54) is 54.8 Å². The van der Waals surface area contributed by atoms with Gasteiger partial charge in [-0.15, -0.1) is 0 Å². The lowest BCUT2D eigenvalue weighted by atomic mass is 9.82. The van der Waals surface area contributed by atoms with Crippen molar-refractivity contribution < 1.29 is 0 Å². The molecule has 59 heavy (non-hydrogen) atoms. The maximum absolute atomic E-state index is 5.17. The molecular weight excluding hydrogens is 719 g/mol. The Morgan fingerprint density at radius 2 is 0.847 bits per heavy atom. The summed E-state index contributed by atoms with van der Waals surface area (Å²) in [4.78, 5) is 15.4. The van der Waals surface area contributed by atoms with E-state index in [0.717, 1.165) is 39.1 Å². The third-order valence-electron chi connectivity index (χ3n) is 12.4. The van der Waals surface area contributed by atoms with Gasteiger partial charge in [-0.3, -0.25) is 0 Å². The van der Waals surface area contributed by atoms with Crippen molar-refractivity contribution in [3.63, 3.8) is 0 Å². The van der Waals surface area contributed by atoms with Gasteiger partial charge in [-0.2, -0.15) is 0 Å². The average molecular weight is 756 g/mol. The van der Waals surface area contributed by atoms with Gasteiger partial charge in [-0.25, -0.2) is 15.0 Å². The molecule has 278 valence electrons. The second kappa shape index (κ2) is 12.7. The molecule has 0 fully saturated rings. The molecule has 0 amide bonds. The molecule has 0 saturated heterocycles. The van der Waals surface area contributed by atoms with Crippen LogP contribution in [-0.4, -0.2) is 24.1 Å². The minimum Gasteiger partial charge on any atom is -0.309 e. The summed E-state index contributed by atoms with van der Waals surface area (Å²) >= 11 is 0. The zero-order chi connectivity index (χ0) is 39.2. The standard InChI is InChI=1S/C54H37N5/c1-54(2)45-23-10-6-19-39(45)43-33-50-44(32-46(43)54)42-22-9-13-26-49(42)58(50)37-29-27-35(28-30-37)52-55-51(34-15-4-3-5-16-34)56-53(57-52)36-17-14-18-38(31-36)59-47-24-11-7-20-40(47)41-21-8-12-25-48(41)59/h3-33H,1-2H3. The Kier molecular flexibility index (Phi) is 7.20. The summed E-state index contributed by atoms with van der Waals surface area (Å²) < 4.78 is 4.73. The molecule has 8 aromatic carbocycles. The Labute approximate surface area is 341 Å². The van der Waals surface area contributed by atoms with E-state index in [-0.39, 0.29) is 5.41 Å². The monoisotopic (exact) mass is 755 g/mol. The molecule has 0 radical (unpaired) electrons. The van der Waals surface area contributed by atoms with Gasteiger partial charge in [0.2, 0.25) is 0 Å². The largest absolute Gasteiger partial charge is 0.309 e. The summed E-state index contributed by atoms with van der Waals surface area (Å²) in [7, 11) is 0. The van der Waals surface area contributed by atoms with E-state index in [1.54, 1.807) is 0 Å². The van der Waals surface area contributed by atoms with Crippen LogP contribution >= 0.6 is 0 Å². The second-order valence-electron chi connectivity index (χ2n) is 16.1. The molecule has 1 aliphatic carbocycles. The summed E-state index contributed by atoms with van der Waals surface area (Å²) in [6.45, 7) is 4.69. The maximum atomic E-state index is 5.17. The van der Waals surface area contributed by atoms with Crippen molar-refractivity contribution in [2.45, 2.75) is 19.3 Å². The number of fused-ring (bicyclic) bond motifs is 9. The van der Waals surface area contributed by atoms with Gasteiger partial charge in [0.15, 0.2) is 17.5 Å². The molecule has 0 aliphatic heterocycles. The average Bonchev–Trinajstić information content (AvgIpc) is 3.89. The van der Waals surface area contributed by atoms with Gasteiger partial charge in [0.05, 0.1) is 22.1 Å². The fraction of sp³-hybridized carbons (Fsp3) is 0.0556. The Morgan fingerprint density at radius 3 is 1.51 bits per heavy atom. The zero-order valence-corrected chi connectivity index (χ0v) is 32.6. The third kappa shape index (κ3) is 5.08.